The van der Waals surface area contributed by atoms with Crippen LogP contribution in [0.3, 0.4) is 0 Å². The number of benzene rings is 3. The van der Waals surface area contributed by atoms with Gasteiger partial charge in [-0.3, -0.25) is 0 Å². The molecular formula is C20H19NO. The van der Waals surface area contributed by atoms with E-state index in [9.17, 15) is 5.11 Å². The molecule has 0 unspecified atom stereocenters. The Morgan fingerprint density at radius 1 is 0.682 bits per heavy atom. The summed E-state index contributed by atoms with van der Waals surface area (Å²) in [6, 6.07) is 19.7. The molecule has 0 saturated carbocycles. The SMILES string of the molecule is Cc1ccccc1-c1cc(N)cc(-c2ccccc2C)c1O. The first-order valence-electron chi connectivity index (χ1n) is 7.32. The van der Waals surface area contributed by atoms with Crippen LogP contribution in [-0.2, 0) is 0 Å². The molecule has 0 spiro atoms. The van der Waals surface area contributed by atoms with Crippen LogP contribution >= 0.6 is 0 Å². The Morgan fingerprint density at radius 2 is 1.09 bits per heavy atom. The number of hydrogen-bond donors (Lipinski definition) is 2. The second kappa shape index (κ2) is 5.57. The van der Waals surface area contributed by atoms with Gasteiger partial charge in [-0.05, 0) is 48.2 Å². The number of nitrogen functional groups attached to an aromatic ring is 1. The molecule has 0 atom stereocenters. The lowest BCUT2D eigenvalue weighted by Crippen LogP contribution is -1.93. The average Bonchev–Trinajstić information content (AvgIpc) is 2.51. The van der Waals surface area contributed by atoms with Gasteiger partial charge in [0, 0.05) is 16.8 Å². The van der Waals surface area contributed by atoms with Crippen molar-refractivity contribution in [3.8, 4) is 28.0 Å². The Bertz CT molecular complexity index is 770. The van der Waals surface area contributed by atoms with E-state index in [0.717, 1.165) is 33.4 Å². The second-order valence-corrected chi connectivity index (χ2v) is 5.59. The van der Waals surface area contributed by atoms with Gasteiger partial charge in [-0.15, -0.1) is 0 Å². The molecule has 0 aliphatic rings. The molecule has 22 heavy (non-hydrogen) atoms. The predicted molar refractivity (Wildman–Crippen MR) is 92.9 cm³/mol. The van der Waals surface area contributed by atoms with Gasteiger partial charge < -0.3 is 10.8 Å². The number of hydrogen-bond acceptors (Lipinski definition) is 2. The van der Waals surface area contributed by atoms with Gasteiger partial charge in [0.25, 0.3) is 0 Å². The van der Waals surface area contributed by atoms with E-state index in [-0.39, 0.29) is 5.75 Å². The first-order valence-corrected chi connectivity index (χ1v) is 7.32. The zero-order valence-electron chi connectivity index (χ0n) is 12.8. The van der Waals surface area contributed by atoms with Gasteiger partial charge in [0.05, 0.1) is 0 Å². The van der Waals surface area contributed by atoms with Gasteiger partial charge in [0.2, 0.25) is 0 Å². The molecular weight excluding hydrogens is 270 g/mol. The topological polar surface area (TPSA) is 46.2 Å². The van der Waals surface area contributed by atoms with Gasteiger partial charge >= 0.3 is 0 Å². The molecule has 2 heteroatoms. The first-order chi connectivity index (χ1) is 10.6. The fraction of sp³-hybridized carbons (Fsp3) is 0.100. The number of nitrogens with two attached hydrogens (primary N) is 1. The molecule has 2 nitrogen and oxygen atoms in total. The van der Waals surface area contributed by atoms with Crippen LogP contribution in [0.5, 0.6) is 5.75 Å². The molecule has 0 amide bonds. The summed E-state index contributed by atoms with van der Waals surface area (Å²) in [4.78, 5) is 0. The summed E-state index contributed by atoms with van der Waals surface area (Å²) >= 11 is 0. The van der Waals surface area contributed by atoms with Crippen LogP contribution in [0, 0.1) is 13.8 Å². The molecule has 3 aromatic carbocycles. The first kappa shape index (κ1) is 14.2. The quantitative estimate of drug-likeness (QED) is 0.519. The lowest BCUT2D eigenvalue weighted by Gasteiger charge is -2.15. The largest absolute Gasteiger partial charge is 0.507 e. The summed E-state index contributed by atoms with van der Waals surface area (Å²) in [6.45, 7) is 4.07. The monoisotopic (exact) mass is 289 g/mol. The van der Waals surface area contributed by atoms with Crippen LogP contribution in [0.4, 0.5) is 5.69 Å². The highest BCUT2D eigenvalue weighted by atomic mass is 16.3. The summed E-state index contributed by atoms with van der Waals surface area (Å²) in [7, 11) is 0. The van der Waals surface area contributed by atoms with E-state index < -0.39 is 0 Å². The normalized spacial score (nSPS) is 10.6. The van der Waals surface area contributed by atoms with Gasteiger partial charge in [0.1, 0.15) is 5.75 Å². The summed E-state index contributed by atoms with van der Waals surface area (Å²) in [5.41, 5.74) is 12.5. The molecule has 3 aromatic rings. The van der Waals surface area contributed by atoms with E-state index in [1.807, 2.05) is 74.5 Å². The standard InChI is InChI=1S/C20H19NO/c1-13-7-3-5-9-16(13)18-11-15(21)12-19(20(18)22)17-10-6-4-8-14(17)2/h3-12,22H,21H2,1-2H3. The Balaban J connectivity index is 2.28. The van der Waals surface area contributed by atoms with Crippen molar-refractivity contribution < 1.29 is 5.11 Å². The van der Waals surface area contributed by atoms with E-state index in [1.165, 1.54) is 0 Å². The molecule has 0 saturated heterocycles. The van der Waals surface area contributed by atoms with Crippen molar-refractivity contribution in [3.63, 3.8) is 0 Å². The smallest absolute Gasteiger partial charge is 0.131 e. The highest BCUT2D eigenvalue weighted by Crippen LogP contribution is 2.41. The van der Waals surface area contributed by atoms with Crippen LogP contribution in [0.25, 0.3) is 22.3 Å². The highest BCUT2D eigenvalue weighted by Gasteiger charge is 2.14. The number of phenols is 1. The summed E-state index contributed by atoms with van der Waals surface area (Å²) in [5, 5.41) is 10.8. The fourth-order valence-corrected chi connectivity index (χ4v) is 2.82. The number of anilines is 1. The lowest BCUT2D eigenvalue weighted by atomic mass is 9.92. The van der Waals surface area contributed by atoms with E-state index >= 15 is 0 Å². The molecule has 0 aliphatic heterocycles. The molecule has 110 valence electrons. The van der Waals surface area contributed by atoms with Gasteiger partial charge in [-0.25, -0.2) is 0 Å². The molecule has 0 radical (unpaired) electrons. The van der Waals surface area contributed by atoms with Crippen molar-refractivity contribution >= 4 is 5.69 Å². The van der Waals surface area contributed by atoms with E-state index in [1.54, 1.807) is 0 Å². The zero-order valence-corrected chi connectivity index (χ0v) is 12.8. The van der Waals surface area contributed by atoms with Crippen molar-refractivity contribution in [3.05, 3.63) is 71.8 Å². The van der Waals surface area contributed by atoms with Crippen molar-refractivity contribution in [2.75, 3.05) is 5.73 Å². The van der Waals surface area contributed by atoms with Crippen molar-refractivity contribution in [2.45, 2.75) is 13.8 Å². The maximum atomic E-state index is 10.8. The molecule has 3 N–H and O–H groups in total. The van der Waals surface area contributed by atoms with Crippen molar-refractivity contribution in [2.24, 2.45) is 0 Å². The molecule has 0 aliphatic carbocycles. The maximum Gasteiger partial charge on any atom is 0.131 e. The van der Waals surface area contributed by atoms with Crippen LogP contribution in [0.1, 0.15) is 11.1 Å². The molecule has 0 bridgehead atoms. The second-order valence-electron chi connectivity index (χ2n) is 5.59. The highest BCUT2D eigenvalue weighted by molar-refractivity contribution is 5.87. The molecule has 0 heterocycles. The average molecular weight is 289 g/mol. The Hall–Kier alpha value is -2.74. The summed E-state index contributed by atoms with van der Waals surface area (Å²) in [5.74, 6) is 0.276. The van der Waals surface area contributed by atoms with Crippen LogP contribution in [0.15, 0.2) is 60.7 Å². The van der Waals surface area contributed by atoms with Crippen molar-refractivity contribution in [1.29, 1.82) is 0 Å². The number of aromatic hydroxyl groups is 1. The van der Waals surface area contributed by atoms with Crippen LogP contribution in [-0.4, -0.2) is 5.11 Å². The molecule has 3 rings (SSSR count). The predicted octanol–water partition coefficient (Wildman–Crippen LogP) is 4.93. The lowest BCUT2D eigenvalue weighted by molar-refractivity contribution is 0.479. The van der Waals surface area contributed by atoms with E-state index in [4.69, 9.17) is 5.73 Å². The third kappa shape index (κ3) is 2.44. The van der Waals surface area contributed by atoms with Gasteiger partial charge in [-0.2, -0.15) is 0 Å². The number of aryl methyl sites for hydroxylation is 2. The zero-order chi connectivity index (χ0) is 15.7. The Labute approximate surface area is 130 Å². The Kier molecular flexibility index (Phi) is 3.60. The third-order valence-electron chi connectivity index (χ3n) is 4.00. The minimum atomic E-state index is 0.276. The fourth-order valence-electron chi connectivity index (χ4n) is 2.82. The van der Waals surface area contributed by atoms with Crippen molar-refractivity contribution in [1.82, 2.24) is 0 Å². The number of phenolic OH excluding ortho intramolecular Hbond substituents is 1. The maximum absolute atomic E-state index is 10.8. The van der Waals surface area contributed by atoms with E-state index in [2.05, 4.69) is 0 Å². The molecule has 0 aromatic heterocycles. The van der Waals surface area contributed by atoms with Gasteiger partial charge in [-0.1, -0.05) is 48.5 Å². The molecule has 0 fully saturated rings. The van der Waals surface area contributed by atoms with Crippen LogP contribution < -0.4 is 5.73 Å². The van der Waals surface area contributed by atoms with Gasteiger partial charge in [0.15, 0.2) is 0 Å². The minimum absolute atomic E-state index is 0.276. The summed E-state index contributed by atoms with van der Waals surface area (Å²) in [6.07, 6.45) is 0. The minimum Gasteiger partial charge on any atom is -0.507 e. The third-order valence-corrected chi connectivity index (χ3v) is 4.00. The van der Waals surface area contributed by atoms with E-state index in [0.29, 0.717) is 5.69 Å². The van der Waals surface area contributed by atoms with Crippen LogP contribution in [0.2, 0.25) is 0 Å². The Morgan fingerprint density at radius 3 is 1.50 bits per heavy atom. The summed E-state index contributed by atoms with van der Waals surface area (Å²) < 4.78 is 0. The number of rotatable bonds is 2.